The second kappa shape index (κ2) is 4.94. The molecule has 0 amide bonds. The summed E-state index contributed by atoms with van der Waals surface area (Å²) in [5.41, 5.74) is -1.02. The molecule has 0 spiro atoms. The number of nitrogens with one attached hydrogen (secondary N) is 2. The third kappa shape index (κ3) is 4.28. The Hall–Kier alpha value is -0.610. The van der Waals surface area contributed by atoms with Crippen molar-refractivity contribution in [3.05, 3.63) is 0 Å². The van der Waals surface area contributed by atoms with Crippen LogP contribution in [-0.4, -0.2) is 30.8 Å². The zero-order chi connectivity index (χ0) is 13.3. The molecule has 1 unspecified atom stereocenters. The number of carbonyl (C=O) groups excluding carboxylic acids is 1. The van der Waals surface area contributed by atoms with Crippen molar-refractivity contribution in [3.63, 3.8) is 0 Å². The summed E-state index contributed by atoms with van der Waals surface area (Å²) in [7, 11) is 1.88. The van der Waals surface area contributed by atoms with Gasteiger partial charge < -0.3 is 10.1 Å². The highest BCUT2D eigenvalue weighted by atomic mass is 16.6. The standard InChI is InChI=1S/C13H26N2O2/c1-12(2,3)11(16)17-13(4,5)10(14-6)15-9-7-8-9/h9-10,14-15H,7-8H2,1-6H3. The predicted molar refractivity (Wildman–Crippen MR) is 68.6 cm³/mol. The Kier molecular flexibility index (Phi) is 4.20. The van der Waals surface area contributed by atoms with Crippen molar-refractivity contribution in [3.8, 4) is 0 Å². The maximum Gasteiger partial charge on any atom is 0.311 e. The van der Waals surface area contributed by atoms with E-state index in [4.69, 9.17) is 4.74 Å². The monoisotopic (exact) mass is 242 g/mol. The zero-order valence-corrected chi connectivity index (χ0v) is 11.9. The Labute approximate surface area is 104 Å². The second-order valence-corrected chi connectivity index (χ2v) is 6.41. The van der Waals surface area contributed by atoms with Gasteiger partial charge in [0.15, 0.2) is 0 Å². The van der Waals surface area contributed by atoms with Crippen molar-refractivity contribution < 1.29 is 9.53 Å². The number of likely N-dealkylation sites (N-methyl/N-ethyl adjacent to an activating group) is 1. The van der Waals surface area contributed by atoms with Crippen molar-refractivity contribution in [2.75, 3.05) is 7.05 Å². The summed E-state index contributed by atoms with van der Waals surface area (Å²) in [6.45, 7) is 9.48. The van der Waals surface area contributed by atoms with Crippen LogP contribution in [0.2, 0.25) is 0 Å². The summed E-state index contributed by atoms with van der Waals surface area (Å²) in [6.07, 6.45) is 2.41. The van der Waals surface area contributed by atoms with Crippen molar-refractivity contribution in [1.29, 1.82) is 0 Å². The maximum atomic E-state index is 11.9. The largest absolute Gasteiger partial charge is 0.456 e. The second-order valence-electron chi connectivity index (χ2n) is 6.41. The minimum absolute atomic E-state index is 0.0127. The molecule has 0 aromatic heterocycles. The molecule has 1 aliphatic carbocycles. The van der Waals surface area contributed by atoms with Gasteiger partial charge in [-0.25, -0.2) is 0 Å². The Morgan fingerprint density at radius 2 is 1.76 bits per heavy atom. The summed E-state index contributed by atoms with van der Waals surface area (Å²) in [4.78, 5) is 11.9. The molecule has 100 valence electrons. The van der Waals surface area contributed by atoms with E-state index in [2.05, 4.69) is 10.6 Å². The van der Waals surface area contributed by atoms with Crippen LogP contribution < -0.4 is 10.6 Å². The van der Waals surface area contributed by atoms with E-state index in [-0.39, 0.29) is 12.1 Å². The van der Waals surface area contributed by atoms with E-state index < -0.39 is 11.0 Å². The number of rotatable bonds is 5. The Morgan fingerprint density at radius 3 is 2.12 bits per heavy atom. The maximum absolute atomic E-state index is 11.9. The molecule has 2 N–H and O–H groups in total. The molecule has 1 saturated carbocycles. The van der Waals surface area contributed by atoms with Crippen LogP contribution in [0, 0.1) is 5.41 Å². The molecule has 0 aromatic carbocycles. The van der Waals surface area contributed by atoms with E-state index in [1.54, 1.807) is 0 Å². The van der Waals surface area contributed by atoms with Gasteiger partial charge in [0.2, 0.25) is 0 Å². The van der Waals surface area contributed by atoms with Crippen molar-refractivity contribution >= 4 is 5.97 Å². The molecule has 0 heterocycles. The Morgan fingerprint density at radius 1 is 1.24 bits per heavy atom. The van der Waals surface area contributed by atoms with Gasteiger partial charge in [-0.1, -0.05) is 0 Å². The normalized spacial score (nSPS) is 18.9. The quantitative estimate of drug-likeness (QED) is 0.568. The molecule has 0 radical (unpaired) electrons. The summed E-state index contributed by atoms with van der Waals surface area (Å²) in [6, 6.07) is 0.570. The van der Waals surface area contributed by atoms with Crippen molar-refractivity contribution in [1.82, 2.24) is 10.6 Å². The molecule has 4 nitrogen and oxygen atoms in total. The summed E-state index contributed by atoms with van der Waals surface area (Å²) in [5.74, 6) is -0.166. The lowest BCUT2D eigenvalue weighted by molar-refractivity contribution is -0.170. The molecule has 17 heavy (non-hydrogen) atoms. The molecule has 1 rings (SSSR count). The van der Waals surface area contributed by atoms with Gasteiger partial charge in [0.1, 0.15) is 5.60 Å². The molecule has 0 aliphatic heterocycles. The fourth-order valence-corrected chi connectivity index (χ4v) is 1.57. The van der Waals surface area contributed by atoms with E-state index in [1.807, 2.05) is 41.7 Å². The first-order valence-corrected chi connectivity index (χ1v) is 6.33. The van der Waals surface area contributed by atoms with Crippen LogP contribution >= 0.6 is 0 Å². The molecular formula is C13H26N2O2. The first-order chi connectivity index (χ1) is 7.66. The highest BCUT2D eigenvalue weighted by Gasteiger charge is 2.38. The van der Waals surface area contributed by atoms with Gasteiger partial charge in [-0.05, 0) is 54.5 Å². The molecule has 0 bridgehead atoms. The van der Waals surface area contributed by atoms with Crippen LogP contribution in [0.25, 0.3) is 0 Å². The van der Waals surface area contributed by atoms with Gasteiger partial charge in [-0.15, -0.1) is 0 Å². The Bertz CT molecular complexity index is 278. The fourth-order valence-electron chi connectivity index (χ4n) is 1.57. The van der Waals surface area contributed by atoms with Crippen molar-refractivity contribution in [2.45, 2.75) is 65.3 Å². The lowest BCUT2D eigenvalue weighted by Crippen LogP contribution is -2.58. The fraction of sp³-hybridized carbons (Fsp3) is 0.923. The number of esters is 1. The highest BCUT2D eigenvalue weighted by molar-refractivity contribution is 5.75. The topological polar surface area (TPSA) is 50.4 Å². The number of hydrogen-bond acceptors (Lipinski definition) is 4. The lowest BCUT2D eigenvalue weighted by Gasteiger charge is -2.36. The predicted octanol–water partition coefficient (Wildman–Crippen LogP) is 1.65. The molecule has 4 heteroatoms. The van der Waals surface area contributed by atoms with Gasteiger partial charge in [0.05, 0.1) is 11.6 Å². The molecule has 0 saturated heterocycles. The van der Waals surface area contributed by atoms with E-state index in [0.717, 1.165) is 0 Å². The van der Waals surface area contributed by atoms with E-state index in [9.17, 15) is 4.79 Å². The van der Waals surface area contributed by atoms with Crippen LogP contribution in [0.1, 0.15) is 47.5 Å². The van der Waals surface area contributed by atoms with Gasteiger partial charge in [0.25, 0.3) is 0 Å². The third-order valence-corrected chi connectivity index (χ3v) is 2.93. The average Bonchev–Trinajstić information content (AvgIpc) is 2.94. The van der Waals surface area contributed by atoms with Crippen LogP contribution in [0.15, 0.2) is 0 Å². The number of carbonyl (C=O) groups is 1. The van der Waals surface area contributed by atoms with E-state index in [0.29, 0.717) is 6.04 Å². The molecular weight excluding hydrogens is 216 g/mol. The lowest BCUT2D eigenvalue weighted by atomic mass is 9.96. The smallest absolute Gasteiger partial charge is 0.311 e. The molecule has 1 fully saturated rings. The van der Waals surface area contributed by atoms with Crippen molar-refractivity contribution in [2.24, 2.45) is 5.41 Å². The van der Waals surface area contributed by atoms with Gasteiger partial charge >= 0.3 is 5.97 Å². The van der Waals surface area contributed by atoms with E-state index >= 15 is 0 Å². The van der Waals surface area contributed by atoms with Gasteiger partial charge in [0, 0.05) is 6.04 Å². The first kappa shape index (κ1) is 14.5. The SMILES string of the molecule is CNC(NC1CC1)C(C)(C)OC(=O)C(C)(C)C. The summed E-state index contributed by atoms with van der Waals surface area (Å²) in [5, 5.41) is 6.63. The summed E-state index contributed by atoms with van der Waals surface area (Å²) >= 11 is 0. The zero-order valence-electron chi connectivity index (χ0n) is 11.9. The highest BCUT2D eigenvalue weighted by Crippen LogP contribution is 2.25. The Balaban J connectivity index is 2.60. The first-order valence-electron chi connectivity index (χ1n) is 6.33. The molecule has 0 aromatic rings. The minimum atomic E-state index is -0.554. The minimum Gasteiger partial charge on any atom is -0.456 e. The summed E-state index contributed by atoms with van der Waals surface area (Å²) < 4.78 is 5.62. The van der Waals surface area contributed by atoms with Crippen LogP contribution in [-0.2, 0) is 9.53 Å². The van der Waals surface area contributed by atoms with Gasteiger partial charge in [-0.3, -0.25) is 10.1 Å². The van der Waals surface area contributed by atoms with Gasteiger partial charge in [-0.2, -0.15) is 0 Å². The molecule has 1 atom stereocenters. The third-order valence-electron chi connectivity index (χ3n) is 2.93. The van der Waals surface area contributed by atoms with Crippen LogP contribution in [0.3, 0.4) is 0 Å². The average molecular weight is 242 g/mol. The van der Waals surface area contributed by atoms with Crippen LogP contribution in [0.5, 0.6) is 0 Å². The number of hydrogen-bond donors (Lipinski definition) is 2. The number of ether oxygens (including phenoxy) is 1. The molecule has 1 aliphatic rings. The van der Waals surface area contributed by atoms with E-state index in [1.165, 1.54) is 12.8 Å². The van der Waals surface area contributed by atoms with Crippen LogP contribution in [0.4, 0.5) is 0 Å².